The van der Waals surface area contributed by atoms with E-state index in [1.54, 1.807) is 18.2 Å². The van der Waals surface area contributed by atoms with Crippen molar-refractivity contribution in [2.24, 2.45) is 0 Å². The second-order valence-corrected chi connectivity index (χ2v) is 9.68. The molecule has 2 heterocycles. The van der Waals surface area contributed by atoms with E-state index in [0.29, 0.717) is 16.3 Å². The number of sulfonamides is 1. The van der Waals surface area contributed by atoms with Gasteiger partial charge in [-0.3, -0.25) is 4.72 Å². The summed E-state index contributed by atoms with van der Waals surface area (Å²) in [4.78, 5) is 20.8. The lowest BCUT2D eigenvalue weighted by molar-refractivity contribution is 0.0602. The van der Waals surface area contributed by atoms with Gasteiger partial charge in [0.25, 0.3) is 10.0 Å². The molecule has 174 valence electrons. The number of nitrogens with zero attached hydrogens (tertiary/aromatic N) is 2. The first-order chi connectivity index (χ1) is 15.7. The van der Waals surface area contributed by atoms with Crippen LogP contribution in [-0.2, 0) is 21.2 Å². The van der Waals surface area contributed by atoms with Crippen molar-refractivity contribution in [2.75, 3.05) is 29.6 Å². The Bertz CT molecular complexity index is 1260. The molecule has 0 unspecified atom stereocenters. The van der Waals surface area contributed by atoms with Gasteiger partial charge in [0, 0.05) is 16.6 Å². The Morgan fingerprint density at radius 1 is 1.12 bits per heavy atom. The van der Waals surface area contributed by atoms with E-state index in [-0.39, 0.29) is 21.7 Å². The highest BCUT2D eigenvalue weighted by atomic mass is 32.2. The summed E-state index contributed by atoms with van der Waals surface area (Å²) in [7, 11) is -1.14. The van der Waals surface area contributed by atoms with Gasteiger partial charge in [0.2, 0.25) is 5.88 Å². The predicted molar refractivity (Wildman–Crippen MR) is 131 cm³/mol. The second-order valence-electron chi connectivity index (χ2n) is 6.46. The molecule has 0 aliphatic rings. The van der Waals surface area contributed by atoms with Crippen molar-refractivity contribution >= 4 is 61.2 Å². The van der Waals surface area contributed by atoms with Crippen molar-refractivity contribution < 1.29 is 22.7 Å². The number of carbonyl (C=O) groups excluding carboxylic acids is 1. The smallest absolute Gasteiger partial charge is 0.340 e. The zero-order valence-corrected chi connectivity index (χ0v) is 20.4. The highest BCUT2D eigenvalue weighted by Crippen LogP contribution is 2.29. The molecule has 33 heavy (non-hydrogen) atoms. The highest BCUT2D eigenvalue weighted by molar-refractivity contribution is 7.92. The van der Waals surface area contributed by atoms with Crippen LogP contribution < -0.4 is 20.1 Å². The van der Waals surface area contributed by atoms with Crippen LogP contribution >= 0.6 is 23.6 Å². The van der Waals surface area contributed by atoms with E-state index in [1.165, 1.54) is 50.1 Å². The number of nitrogens with one attached hydrogen (secondary N) is 3. The molecule has 3 aromatic rings. The third kappa shape index (κ3) is 6.15. The molecule has 0 aliphatic heterocycles. The fourth-order valence-corrected chi connectivity index (χ4v) is 4.93. The molecule has 0 saturated carbocycles. The van der Waals surface area contributed by atoms with Crippen molar-refractivity contribution in [3.63, 3.8) is 0 Å². The summed E-state index contributed by atoms with van der Waals surface area (Å²) < 4.78 is 37.4. The van der Waals surface area contributed by atoms with Crippen molar-refractivity contribution in [3.8, 4) is 5.88 Å². The van der Waals surface area contributed by atoms with Gasteiger partial charge >= 0.3 is 5.97 Å². The van der Waals surface area contributed by atoms with Crippen LogP contribution in [-0.4, -0.2) is 43.7 Å². The van der Waals surface area contributed by atoms with E-state index in [1.807, 2.05) is 6.92 Å². The third-order valence-electron chi connectivity index (χ3n) is 4.28. The zero-order chi connectivity index (χ0) is 24.0. The minimum atomic E-state index is -3.87. The number of ether oxygens (including phenoxy) is 2. The van der Waals surface area contributed by atoms with Gasteiger partial charge < -0.3 is 20.1 Å². The van der Waals surface area contributed by atoms with Crippen molar-refractivity contribution in [1.29, 1.82) is 0 Å². The minimum absolute atomic E-state index is 0.0309. The van der Waals surface area contributed by atoms with Gasteiger partial charge in [-0.05, 0) is 49.0 Å². The van der Waals surface area contributed by atoms with Crippen LogP contribution in [0.5, 0.6) is 5.88 Å². The molecule has 0 atom stereocenters. The van der Waals surface area contributed by atoms with Gasteiger partial charge in [0.05, 0.1) is 24.7 Å². The first-order valence-electron chi connectivity index (χ1n) is 9.53. The van der Waals surface area contributed by atoms with Gasteiger partial charge in [-0.15, -0.1) is 11.3 Å². The maximum Gasteiger partial charge on any atom is 0.340 e. The van der Waals surface area contributed by atoms with E-state index < -0.39 is 16.0 Å². The van der Waals surface area contributed by atoms with Crippen LogP contribution in [0.2, 0.25) is 0 Å². The minimum Gasteiger partial charge on any atom is -0.481 e. The highest BCUT2D eigenvalue weighted by Gasteiger charge is 2.18. The molecule has 0 aliphatic carbocycles. The topological polar surface area (TPSA) is 132 Å². The lowest BCUT2D eigenvalue weighted by atomic mass is 10.2. The van der Waals surface area contributed by atoms with Gasteiger partial charge in [-0.25, -0.2) is 23.2 Å². The summed E-state index contributed by atoms with van der Waals surface area (Å²) in [5.74, 6) is -0.145. The van der Waals surface area contributed by atoms with E-state index in [2.05, 4.69) is 25.3 Å². The van der Waals surface area contributed by atoms with E-state index >= 15 is 0 Å². The Morgan fingerprint density at radius 3 is 2.48 bits per heavy atom. The quantitative estimate of drug-likeness (QED) is 0.307. The standard InChI is InChI=1S/C20H21N5O5S3/c1-4-13-9-15(19(26)30-3)18(32-13)24-20(31)23-12-5-7-14(8-6-12)33(27,28)25-16-10-17(29-2)22-11-21-16/h5-11H,4H2,1-3H3,(H,21,22,25)(H2,23,24,31). The summed E-state index contributed by atoms with van der Waals surface area (Å²) in [5, 5.41) is 6.78. The Kier molecular flexibility index (Phi) is 7.79. The molecule has 0 bridgehead atoms. The molecule has 0 fully saturated rings. The second kappa shape index (κ2) is 10.6. The zero-order valence-electron chi connectivity index (χ0n) is 17.9. The fourth-order valence-electron chi connectivity index (χ4n) is 2.66. The molecule has 2 aromatic heterocycles. The number of benzene rings is 1. The number of thiophene rings is 1. The lowest BCUT2D eigenvalue weighted by Gasteiger charge is -2.12. The van der Waals surface area contributed by atoms with Crippen LogP contribution in [0.4, 0.5) is 16.5 Å². The van der Waals surface area contributed by atoms with Crippen LogP contribution in [0.3, 0.4) is 0 Å². The Balaban J connectivity index is 1.68. The number of hydrogen-bond acceptors (Lipinski definition) is 9. The van der Waals surface area contributed by atoms with Gasteiger partial charge in [0.1, 0.15) is 17.1 Å². The fraction of sp³-hybridized carbons (Fsp3) is 0.200. The maximum absolute atomic E-state index is 12.6. The number of rotatable bonds is 8. The monoisotopic (exact) mass is 507 g/mol. The number of methoxy groups -OCH3 is 2. The van der Waals surface area contributed by atoms with E-state index in [0.717, 1.165) is 11.3 Å². The summed E-state index contributed by atoms with van der Waals surface area (Å²) >= 11 is 6.74. The molecular weight excluding hydrogens is 486 g/mol. The summed E-state index contributed by atoms with van der Waals surface area (Å²) in [6.07, 6.45) is 1.96. The average Bonchev–Trinajstić information content (AvgIpc) is 3.21. The van der Waals surface area contributed by atoms with Crippen LogP contribution in [0.15, 0.2) is 47.6 Å². The molecule has 0 amide bonds. The molecule has 3 N–H and O–H groups in total. The van der Waals surface area contributed by atoms with Crippen molar-refractivity contribution in [2.45, 2.75) is 18.2 Å². The van der Waals surface area contributed by atoms with Crippen LogP contribution in [0.1, 0.15) is 22.2 Å². The molecule has 3 rings (SSSR count). The first kappa shape index (κ1) is 24.4. The molecule has 10 nitrogen and oxygen atoms in total. The number of carbonyl (C=O) groups is 1. The Morgan fingerprint density at radius 2 is 1.85 bits per heavy atom. The maximum atomic E-state index is 12.6. The molecule has 1 aromatic carbocycles. The summed E-state index contributed by atoms with van der Waals surface area (Å²) in [6, 6.07) is 9.11. The number of esters is 1. The van der Waals surface area contributed by atoms with E-state index in [9.17, 15) is 13.2 Å². The Labute approximate surface area is 200 Å². The van der Waals surface area contributed by atoms with Crippen molar-refractivity contribution in [1.82, 2.24) is 9.97 Å². The van der Waals surface area contributed by atoms with Gasteiger partial charge in [0.15, 0.2) is 5.11 Å². The third-order valence-corrected chi connectivity index (χ3v) is 7.05. The number of hydrogen-bond donors (Lipinski definition) is 3. The number of aryl methyl sites for hydroxylation is 1. The SMILES string of the molecule is CCc1cc(C(=O)OC)c(NC(=S)Nc2ccc(S(=O)(=O)Nc3cc(OC)ncn3)cc2)s1. The largest absolute Gasteiger partial charge is 0.481 e. The number of thiocarbonyl (C=S) groups is 1. The molecule has 13 heteroatoms. The molecule has 0 radical (unpaired) electrons. The summed E-state index contributed by atoms with van der Waals surface area (Å²) in [6.45, 7) is 1.99. The van der Waals surface area contributed by atoms with Crippen LogP contribution in [0.25, 0.3) is 0 Å². The predicted octanol–water partition coefficient (Wildman–Crippen LogP) is 3.51. The molecular formula is C20H21N5O5S3. The average molecular weight is 508 g/mol. The van der Waals surface area contributed by atoms with Gasteiger partial charge in [-0.2, -0.15) is 0 Å². The molecule has 0 saturated heterocycles. The van der Waals surface area contributed by atoms with Gasteiger partial charge in [-0.1, -0.05) is 6.92 Å². The normalized spacial score (nSPS) is 10.9. The van der Waals surface area contributed by atoms with Crippen molar-refractivity contribution in [3.05, 3.63) is 53.2 Å². The van der Waals surface area contributed by atoms with E-state index in [4.69, 9.17) is 21.7 Å². The Hall–Kier alpha value is -3.29. The lowest BCUT2D eigenvalue weighted by Crippen LogP contribution is -2.20. The number of aromatic nitrogens is 2. The number of anilines is 3. The summed E-state index contributed by atoms with van der Waals surface area (Å²) in [5.41, 5.74) is 0.958. The molecule has 0 spiro atoms. The van der Waals surface area contributed by atoms with Crippen LogP contribution in [0, 0.1) is 0 Å². The first-order valence-corrected chi connectivity index (χ1v) is 12.2.